The summed E-state index contributed by atoms with van der Waals surface area (Å²) in [6, 6.07) is 11.8. The third-order valence-electron chi connectivity index (χ3n) is 3.09. The van der Waals surface area contributed by atoms with Gasteiger partial charge in [-0.25, -0.2) is 4.79 Å². The van der Waals surface area contributed by atoms with Crippen molar-refractivity contribution >= 4 is 33.5 Å². The lowest BCUT2D eigenvalue weighted by Crippen LogP contribution is -2.21. The fourth-order valence-corrected chi connectivity index (χ4v) is 2.17. The molecule has 2 aromatic carbocycles. The van der Waals surface area contributed by atoms with E-state index in [4.69, 9.17) is 14.2 Å². The molecule has 0 aromatic heterocycles. The molecule has 2 rings (SSSR count). The van der Waals surface area contributed by atoms with Crippen LogP contribution in [0, 0.1) is 0 Å². The van der Waals surface area contributed by atoms with Gasteiger partial charge in [-0.1, -0.05) is 15.9 Å². The molecule has 0 heterocycles. The van der Waals surface area contributed by atoms with Crippen molar-refractivity contribution in [1.29, 1.82) is 0 Å². The summed E-state index contributed by atoms with van der Waals surface area (Å²) in [5, 5.41) is 2.63. The van der Waals surface area contributed by atoms with E-state index in [0.29, 0.717) is 17.2 Å². The van der Waals surface area contributed by atoms with Crippen LogP contribution in [0.2, 0.25) is 0 Å². The van der Waals surface area contributed by atoms with Gasteiger partial charge in [-0.05, 0) is 36.4 Å². The Balaban J connectivity index is 1.95. The molecule has 1 N–H and O–H groups in total. The number of anilines is 1. The maximum atomic E-state index is 12.1. The van der Waals surface area contributed by atoms with Gasteiger partial charge in [0.2, 0.25) is 0 Å². The van der Waals surface area contributed by atoms with Crippen molar-refractivity contribution in [2.24, 2.45) is 0 Å². The van der Waals surface area contributed by atoms with Crippen molar-refractivity contribution < 1.29 is 23.8 Å². The average Bonchev–Trinajstić information content (AvgIpc) is 2.61. The van der Waals surface area contributed by atoms with Crippen LogP contribution in [0.3, 0.4) is 0 Å². The molecular weight excluding hydrogens is 378 g/mol. The molecule has 6 nitrogen and oxygen atoms in total. The number of esters is 1. The number of carbonyl (C=O) groups is 2. The zero-order valence-electron chi connectivity index (χ0n) is 13.2. The van der Waals surface area contributed by atoms with Crippen LogP contribution in [0.4, 0.5) is 5.69 Å². The molecule has 0 unspecified atom stereocenters. The molecule has 0 atom stereocenters. The molecule has 0 saturated heterocycles. The molecule has 0 aliphatic carbocycles. The van der Waals surface area contributed by atoms with E-state index < -0.39 is 18.5 Å². The van der Waals surface area contributed by atoms with Gasteiger partial charge in [0.25, 0.3) is 5.91 Å². The van der Waals surface area contributed by atoms with Crippen LogP contribution in [0.15, 0.2) is 46.9 Å². The first-order chi connectivity index (χ1) is 11.5. The van der Waals surface area contributed by atoms with E-state index in [9.17, 15) is 9.59 Å². The third kappa shape index (κ3) is 4.73. The predicted molar refractivity (Wildman–Crippen MR) is 92.6 cm³/mol. The first kappa shape index (κ1) is 17.8. The van der Waals surface area contributed by atoms with E-state index in [1.54, 1.807) is 36.4 Å². The quantitative estimate of drug-likeness (QED) is 0.762. The zero-order chi connectivity index (χ0) is 17.5. The molecule has 2 aromatic rings. The number of hydrogen-bond acceptors (Lipinski definition) is 5. The van der Waals surface area contributed by atoms with E-state index in [0.717, 1.165) is 4.47 Å². The van der Waals surface area contributed by atoms with Gasteiger partial charge < -0.3 is 19.5 Å². The summed E-state index contributed by atoms with van der Waals surface area (Å²) in [5.41, 5.74) is 0.830. The number of halogens is 1. The lowest BCUT2D eigenvalue weighted by atomic mass is 10.2. The van der Waals surface area contributed by atoms with Gasteiger partial charge in [-0.2, -0.15) is 0 Å². The van der Waals surface area contributed by atoms with Crippen LogP contribution in [-0.2, 0) is 9.53 Å². The summed E-state index contributed by atoms with van der Waals surface area (Å²) < 4.78 is 16.1. The zero-order valence-corrected chi connectivity index (χ0v) is 14.8. The molecule has 0 saturated carbocycles. The third-order valence-corrected chi connectivity index (χ3v) is 3.62. The van der Waals surface area contributed by atoms with E-state index in [1.807, 2.05) is 0 Å². The first-order valence-electron chi connectivity index (χ1n) is 6.98. The molecule has 0 fully saturated rings. The fourth-order valence-electron chi connectivity index (χ4n) is 1.91. The monoisotopic (exact) mass is 393 g/mol. The van der Waals surface area contributed by atoms with E-state index >= 15 is 0 Å². The minimum Gasteiger partial charge on any atom is -0.497 e. The Morgan fingerprint density at radius 2 is 1.75 bits per heavy atom. The highest BCUT2D eigenvalue weighted by Crippen LogP contribution is 2.25. The van der Waals surface area contributed by atoms with Crippen LogP contribution in [-0.4, -0.2) is 32.7 Å². The average molecular weight is 394 g/mol. The minimum absolute atomic E-state index is 0.217. The lowest BCUT2D eigenvalue weighted by molar-refractivity contribution is -0.119. The maximum Gasteiger partial charge on any atom is 0.342 e. The van der Waals surface area contributed by atoms with Crippen molar-refractivity contribution in [3.05, 3.63) is 52.5 Å². The first-order valence-corrected chi connectivity index (χ1v) is 7.77. The molecule has 1 amide bonds. The Kier molecular flexibility index (Phi) is 6.20. The topological polar surface area (TPSA) is 73.9 Å². The highest BCUT2D eigenvalue weighted by Gasteiger charge is 2.16. The standard InChI is InChI=1S/C17H16BrNO5/c1-22-13-7-8-14(15(9-13)23-2)17(21)24-10-16(20)19-12-5-3-11(18)4-6-12/h3-9H,10H2,1-2H3,(H,19,20). The number of rotatable bonds is 6. The molecule has 0 bridgehead atoms. The van der Waals surface area contributed by atoms with Gasteiger partial charge in [0.15, 0.2) is 6.61 Å². The number of amides is 1. The number of benzene rings is 2. The summed E-state index contributed by atoms with van der Waals surface area (Å²) in [5.74, 6) is -0.220. The SMILES string of the molecule is COc1ccc(C(=O)OCC(=O)Nc2ccc(Br)cc2)c(OC)c1. The Morgan fingerprint density at radius 1 is 1.04 bits per heavy atom. The summed E-state index contributed by atoms with van der Waals surface area (Å²) in [6.45, 7) is -0.399. The van der Waals surface area contributed by atoms with Crippen molar-refractivity contribution in [2.75, 3.05) is 26.1 Å². The second-order valence-corrected chi connectivity index (χ2v) is 5.61. The Morgan fingerprint density at radius 3 is 2.38 bits per heavy atom. The van der Waals surface area contributed by atoms with Gasteiger partial charge in [-0.15, -0.1) is 0 Å². The summed E-state index contributed by atoms with van der Waals surface area (Å²) in [4.78, 5) is 23.9. The van der Waals surface area contributed by atoms with Gasteiger partial charge in [-0.3, -0.25) is 4.79 Å². The van der Waals surface area contributed by atoms with Crippen LogP contribution in [0.25, 0.3) is 0 Å². The van der Waals surface area contributed by atoms with E-state index in [-0.39, 0.29) is 5.56 Å². The van der Waals surface area contributed by atoms with Gasteiger partial charge in [0.1, 0.15) is 17.1 Å². The van der Waals surface area contributed by atoms with Crippen LogP contribution < -0.4 is 14.8 Å². The molecular formula is C17H16BrNO5. The predicted octanol–water partition coefficient (Wildman–Crippen LogP) is 3.26. The second kappa shape index (κ2) is 8.35. The highest BCUT2D eigenvalue weighted by molar-refractivity contribution is 9.10. The normalized spacial score (nSPS) is 9.96. The molecule has 0 aliphatic heterocycles. The van der Waals surface area contributed by atoms with Crippen LogP contribution in [0.5, 0.6) is 11.5 Å². The number of ether oxygens (including phenoxy) is 3. The molecule has 24 heavy (non-hydrogen) atoms. The Labute approximate surface area is 147 Å². The molecule has 126 valence electrons. The second-order valence-electron chi connectivity index (χ2n) is 4.70. The van der Waals surface area contributed by atoms with Gasteiger partial charge in [0.05, 0.1) is 14.2 Å². The van der Waals surface area contributed by atoms with Crippen molar-refractivity contribution in [3.8, 4) is 11.5 Å². The summed E-state index contributed by atoms with van der Waals surface area (Å²) in [7, 11) is 2.95. The molecule has 0 radical (unpaired) electrons. The van der Waals surface area contributed by atoms with Crippen molar-refractivity contribution in [1.82, 2.24) is 0 Å². The van der Waals surface area contributed by atoms with Crippen LogP contribution >= 0.6 is 15.9 Å². The maximum absolute atomic E-state index is 12.1. The van der Waals surface area contributed by atoms with E-state index in [2.05, 4.69) is 21.2 Å². The number of nitrogens with one attached hydrogen (secondary N) is 1. The molecule has 0 aliphatic rings. The minimum atomic E-state index is -0.652. The number of hydrogen-bond donors (Lipinski definition) is 1. The summed E-state index contributed by atoms with van der Waals surface area (Å²) >= 11 is 3.31. The fraction of sp³-hybridized carbons (Fsp3) is 0.176. The Hall–Kier alpha value is -2.54. The van der Waals surface area contributed by atoms with Crippen molar-refractivity contribution in [2.45, 2.75) is 0 Å². The smallest absolute Gasteiger partial charge is 0.342 e. The Bertz CT molecular complexity index is 730. The number of carbonyl (C=O) groups excluding carboxylic acids is 2. The van der Waals surface area contributed by atoms with Gasteiger partial charge >= 0.3 is 5.97 Å². The summed E-state index contributed by atoms with van der Waals surface area (Å²) in [6.07, 6.45) is 0. The van der Waals surface area contributed by atoms with Crippen LogP contribution in [0.1, 0.15) is 10.4 Å². The lowest BCUT2D eigenvalue weighted by Gasteiger charge is -2.10. The van der Waals surface area contributed by atoms with Crippen molar-refractivity contribution in [3.63, 3.8) is 0 Å². The largest absolute Gasteiger partial charge is 0.497 e. The molecule has 7 heteroatoms. The molecule has 0 spiro atoms. The highest BCUT2D eigenvalue weighted by atomic mass is 79.9. The van der Waals surface area contributed by atoms with E-state index in [1.165, 1.54) is 20.3 Å². The van der Waals surface area contributed by atoms with Gasteiger partial charge in [0, 0.05) is 16.2 Å². The number of methoxy groups -OCH3 is 2.